The molecule has 2 aliphatic rings. The van der Waals surface area contributed by atoms with Crippen molar-refractivity contribution in [2.45, 2.75) is 52.1 Å². The number of ether oxygens (including phenoxy) is 1. The van der Waals surface area contributed by atoms with Crippen molar-refractivity contribution in [3.05, 3.63) is 30.1 Å². The molecule has 4 heteroatoms. The lowest BCUT2D eigenvalue weighted by atomic mass is 9.62. The van der Waals surface area contributed by atoms with Gasteiger partial charge in [-0.15, -0.1) is 0 Å². The summed E-state index contributed by atoms with van der Waals surface area (Å²) >= 11 is 0. The number of carbonyl (C=O) groups excluding carboxylic acids is 1. The molecule has 1 aromatic rings. The van der Waals surface area contributed by atoms with E-state index in [0.717, 1.165) is 25.7 Å². The summed E-state index contributed by atoms with van der Waals surface area (Å²) in [6.07, 6.45) is 8.52. The normalized spacial score (nSPS) is 34.7. The topological polar surface area (TPSA) is 59.4 Å². The van der Waals surface area contributed by atoms with E-state index in [1.807, 2.05) is 0 Å². The lowest BCUT2D eigenvalue weighted by molar-refractivity contribution is -0.0346. The molecule has 0 saturated heterocycles. The number of aliphatic hydroxyl groups excluding tert-OH is 1. The smallest absolute Gasteiger partial charge is 0.338 e. The van der Waals surface area contributed by atoms with Gasteiger partial charge in [0, 0.05) is 12.4 Å². The molecule has 3 rings (SSSR count). The van der Waals surface area contributed by atoms with E-state index >= 15 is 0 Å². The first-order chi connectivity index (χ1) is 11.0. The third-order valence-electron chi connectivity index (χ3n) is 6.24. The van der Waals surface area contributed by atoms with Crippen LogP contribution < -0.4 is 0 Å². The van der Waals surface area contributed by atoms with Gasteiger partial charge in [0.05, 0.1) is 18.3 Å². The predicted molar refractivity (Wildman–Crippen MR) is 87.9 cm³/mol. The van der Waals surface area contributed by atoms with Gasteiger partial charge in [-0.25, -0.2) is 4.79 Å². The molecule has 0 amide bonds. The molecule has 1 N–H and O–H groups in total. The summed E-state index contributed by atoms with van der Waals surface area (Å²) < 4.78 is 5.52. The minimum absolute atomic E-state index is 0.148. The summed E-state index contributed by atoms with van der Waals surface area (Å²) in [5, 5.41) is 10.3. The standard InChI is InChI=1S/C19H27NO3/c1-13(12-23-18(22)14-7-10-20-11-8-14)15-5-6-16-17(21)4-3-9-19(15,16)2/h7-8,10-11,13,15-17,21H,3-6,9,12H2,1-2H3/t13-,15-,16+,17+,19-/m1/s1. The van der Waals surface area contributed by atoms with Crippen LogP contribution in [-0.4, -0.2) is 28.8 Å². The van der Waals surface area contributed by atoms with Crippen LogP contribution in [0.15, 0.2) is 24.5 Å². The lowest BCUT2D eigenvalue weighted by Crippen LogP contribution is -2.42. The highest BCUT2D eigenvalue weighted by Crippen LogP contribution is 2.57. The third-order valence-corrected chi connectivity index (χ3v) is 6.24. The highest BCUT2D eigenvalue weighted by molar-refractivity contribution is 5.89. The zero-order valence-electron chi connectivity index (χ0n) is 14.1. The number of hydrogen-bond donors (Lipinski definition) is 1. The summed E-state index contributed by atoms with van der Waals surface area (Å²) in [5.74, 6) is 0.982. The molecule has 0 bridgehead atoms. The monoisotopic (exact) mass is 317 g/mol. The summed E-state index contributed by atoms with van der Waals surface area (Å²) in [7, 11) is 0. The minimum Gasteiger partial charge on any atom is -0.462 e. The molecule has 1 heterocycles. The highest BCUT2D eigenvalue weighted by atomic mass is 16.5. The van der Waals surface area contributed by atoms with Gasteiger partial charge in [0.25, 0.3) is 0 Å². The molecule has 0 aromatic carbocycles. The fourth-order valence-corrected chi connectivity index (χ4v) is 5.02. The maximum absolute atomic E-state index is 12.1. The first kappa shape index (κ1) is 16.4. The Balaban J connectivity index is 1.60. The zero-order chi connectivity index (χ0) is 16.4. The SMILES string of the molecule is C[C@H](COC(=O)c1ccncc1)[C@H]1CC[C@H]2[C@@H](O)CCC[C@]12C. The van der Waals surface area contributed by atoms with Gasteiger partial charge < -0.3 is 9.84 Å². The summed E-state index contributed by atoms with van der Waals surface area (Å²) in [4.78, 5) is 16.0. The molecular formula is C19H27NO3. The van der Waals surface area contributed by atoms with Gasteiger partial charge in [-0.3, -0.25) is 4.98 Å². The molecule has 5 atom stereocenters. The molecule has 4 nitrogen and oxygen atoms in total. The van der Waals surface area contributed by atoms with Crippen molar-refractivity contribution >= 4 is 5.97 Å². The van der Waals surface area contributed by atoms with E-state index in [0.29, 0.717) is 29.9 Å². The highest BCUT2D eigenvalue weighted by Gasteiger charge is 2.52. The zero-order valence-corrected chi connectivity index (χ0v) is 14.1. The van der Waals surface area contributed by atoms with E-state index in [2.05, 4.69) is 18.8 Å². The number of fused-ring (bicyclic) bond motifs is 1. The number of aliphatic hydroxyl groups is 1. The average Bonchev–Trinajstić information content (AvgIpc) is 2.91. The number of esters is 1. The number of pyridine rings is 1. The summed E-state index contributed by atoms with van der Waals surface area (Å²) in [5.41, 5.74) is 0.746. The number of nitrogens with zero attached hydrogens (tertiary/aromatic N) is 1. The summed E-state index contributed by atoms with van der Waals surface area (Å²) in [6.45, 7) is 4.96. The molecular weight excluding hydrogens is 290 g/mol. The predicted octanol–water partition coefficient (Wildman–Crippen LogP) is 3.45. The molecule has 126 valence electrons. The van der Waals surface area contributed by atoms with Crippen molar-refractivity contribution in [3.8, 4) is 0 Å². The molecule has 0 aliphatic heterocycles. The molecule has 0 spiro atoms. The Bertz CT molecular complexity index is 547. The van der Waals surface area contributed by atoms with Gasteiger partial charge in [-0.05, 0) is 61.0 Å². The number of aromatic nitrogens is 1. The maximum atomic E-state index is 12.1. The van der Waals surface area contributed by atoms with Gasteiger partial charge in [-0.2, -0.15) is 0 Å². The van der Waals surface area contributed by atoms with Crippen LogP contribution in [0.3, 0.4) is 0 Å². The van der Waals surface area contributed by atoms with Crippen molar-refractivity contribution in [2.24, 2.45) is 23.2 Å². The van der Waals surface area contributed by atoms with Crippen LogP contribution in [0.2, 0.25) is 0 Å². The lowest BCUT2D eigenvalue weighted by Gasteiger charge is -2.45. The molecule has 0 radical (unpaired) electrons. The van der Waals surface area contributed by atoms with E-state index in [-0.39, 0.29) is 17.5 Å². The van der Waals surface area contributed by atoms with Crippen molar-refractivity contribution < 1.29 is 14.6 Å². The second-order valence-electron chi connectivity index (χ2n) is 7.57. The molecule has 0 unspecified atom stereocenters. The van der Waals surface area contributed by atoms with Gasteiger partial charge in [-0.1, -0.05) is 20.3 Å². The molecule has 1 aromatic heterocycles. The van der Waals surface area contributed by atoms with Crippen LogP contribution in [0.5, 0.6) is 0 Å². The van der Waals surface area contributed by atoms with Gasteiger partial charge in [0.15, 0.2) is 0 Å². The maximum Gasteiger partial charge on any atom is 0.338 e. The van der Waals surface area contributed by atoms with Crippen LogP contribution in [0.25, 0.3) is 0 Å². The number of rotatable bonds is 4. The Morgan fingerprint density at radius 3 is 2.87 bits per heavy atom. The van der Waals surface area contributed by atoms with Crippen LogP contribution in [-0.2, 0) is 4.74 Å². The number of carbonyl (C=O) groups is 1. The molecule has 2 fully saturated rings. The van der Waals surface area contributed by atoms with E-state index in [4.69, 9.17) is 4.74 Å². The Kier molecular flexibility index (Phi) is 4.72. The third kappa shape index (κ3) is 3.14. The minimum atomic E-state index is -0.275. The van der Waals surface area contributed by atoms with Gasteiger partial charge >= 0.3 is 5.97 Å². The quantitative estimate of drug-likeness (QED) is 0.864. The van der Waals surface area contributed by atoms with E-state index in [1.54, 1.807) is 24.5 Å². The van der Waals surface area contributed by atoms with Crippen LogP contribution in [0, 0.1) is 23.2 Å². The first-order valence-corrected chi connectivity index (χ1v) is 8.77. The van der Waals surface area contributed by atoms with Crippen molar-refractivity contribution in [1.29, 1.82) is 0 Å². The fourth-order valence-electron chi connectivity index (χ4n) is 5.02. The Morgan fingerprint density at radius 1 is 1.39 bits per heavy atom. The van der Waals surface area contributed by atoms with Crippen LogP contribution in [0.1, 0.15) is 56.3 Å². The molecule has 2 aliphatic carbocycles. The Labute approximate surface area is 138 Å². The average molecular weight is 317 g/mol. The second-order valence-corrected chi connectivity index (χ2v) is 7.57. The molecule has 2 saturated carbocycles. The van der Waals surface area contributed by atoms with E-state index in [1.165, 1.54) is 6.42 Å². The summed E-state index contributed by atoms with van der Waals surface area (Å²) in [6, 6.07) is 3.36. The number of hydrogen-bond acceptors (Lipinski definition) is 4. The van der Waals surface area contributed by atoms with E-state index in [9.17, 15) is 9.90 Å². The van der Waals surface area contributed by atoms with E-state index < -0.39 is 0 Å². The first-order valence-electron chi connectivity index (χ1n) is 8.77. The van der Waals surface area contributed by atoms with Gasteiger partial charge in [0.1, 0.15) is 0 Å². The van der Waals surface area contributed by atoms with Crippen molar-refractivity contribution in [2.75, 3.05) is 6.61 Å². The Hall–Kier alpha value is -1.42. The van der Waals surface area contributed by atoms with Gasteiger partial charge in [0.2, 0.25) is 0 Å². The largest absolute Gasteiger partial charge is 0.462 e. The fraction of sp³-hybridized carbons (Fsp3) is 0.684. The Morgan fingerprint density at radius 2 is 2.13 bits per heavy atom. The van der Waals surface area contributed by atoms with Crippen molar-refractivity contribution in [1.82, 2.24) is 4.98 Å². The van der Waals surface area contributed by atoms with Crippen LogP contribution in [0.4, 0.5) is 0 Å². The molecule has 23 heavy (non-hydrogen) atoms. The second kappa shape index (κ2) is 6.60. The van der Waals surface area contributed by atoms with Crippen LogP contribution >= 0.6 is 0 Å². The van der Waals surface area contributed by atoms with Crippen molar-refractivity contribution in [3.63, 3.8) is 0 Å².